The molecule has 0 heterocycles. The van der Waals surface area contributed by atoms with Crippen LogP contribution in [0.4, 0.5) is 13.2 Å². The van der Waals surface area contributed by atoms with Crippen molar-refractivity contribution in [3.05, 3.63) is 29.8 Å². The molecule has 0 saturated carbocycles. The van der Waals surface area contributed by atoms with E-state index < -0.39 is 28.8 Å². The average molecular weight is 270 g/mol. The molecule has 0 amide bonds. The maximum absolute atomic E-state index is 12.0. The fourth-order valence-corrected chi connectivity index (χ4v) is 1.36. The summed E-state index contributed by atoms with van der Waals surface area (Å²) in [7, 11) is -3.72. The molecule has 8 heteroatoms. The van der Waals surface area contributed by atoms with Crippen LogP contribution >= 0.6 is 0 Å². The summed E-state index contributed by atoms with van der Waals surface area (Å²) in [5, 5.41) is 0. The van der Waals surface area contributed by atoms with Gasteiger partial charge >= 0.3 is 6.36 Å². The lowest BCUT2D eigenvalue weighted by Gasteiger charge is -2.12. The Hall–Kier alpha value is -1.28. The van der Waals surface area contributed by atoms with Crippen molar-refractivity contribution < 1.29 is 30.5 Å². The van der Waals surface area contributed by atoms with Gasteiger partial charge in [-0.25, -0.2) is 0 Å². The molecule has 1 rings (SSSR count). The lowest BCUT2D eigenvalue weighted by molar-refractivity contribution is -0.275. The Kier molecular flexibility index (Phi) is 3.99. The fourth-order valence-electron chi connectivity index (χ4n) is 1.02. The van der Waals surface area contributed by atoms with Crippen molar-refractivity contribution in [2.45, 2.75) is 13.0 Å². The minimum Gasteiger partial charge on any atom is -0.405 e. The third-order valence-electron chi connectivity index (χ3n) is 1.63. The van der Waals surface area contributed by atoms with E-state index in [1.807, 2.05) is 0 Å². The molecule has 0 saturated heterocycles. The van der Waals surface area contributed by atoms with Crippen LogP contribution in [-0.2, 0) is 20.9 Å². The molecule has 0 bridgehead atoms. The van der Waals surface area contributed by atoms with Crippen LogP contribution < -0.4 is 4.74 Å². The number of benzene rings is 1. The number of para-hydroxylation sites is 1. The van der Waals surface area contributed by atoms with E-state index in [0.717, 1.165) is 12.3 Å². The van der Waals surface area contributed by atoms with Crippen LogP contribution in [0.25, 0.3) is 0 Å². The molecule has 96 valence electrons. The zero-order chi connectivity index (χ0) is 13.1. The minimum atomic E-state index is -4.83. The van der Waals surface area contributed by atoms with Crippen molar-refractivity contribution in [1.82, 2.24) is 0 Å². The number of rotatable bonds is 4. The fraction of sp³-hybridized carbons (Fsp3) is 0.333. The van der Waals surface area contributed by atoms with E-state index in [1.54, 1.807) is 0 Å². The Balaban J connectivity index is 2.85. The second kappa shape index (κ2) is 4.92. The third kappa shape index (κ3) is 5.55. The summed E-state index contributed by atoms with van der Waals surface area (Å²) >= 11 is 0. The van der Waals surface area contributed by atoms with Gasteiger partial charge in [-0.05, 0) is 6.07 Å². The first kappa shape index (κ1) is 13.8. The summed E-state index contributed by atoms with van der Waals surface area (Å²) in [4.78, 5) is 0. The third-order valence-corrected chi connectivity index (χ3v) is 2.17. The molecule has 0 aromatic heterocycles. The van der Waals surface area contributed by atoms with Crippen LogP contribution in [0, 0.1) is 0 Å². The van der Waals surface area contributed by atoms with Gasteiger partial charge in [0.2, 0.25) is 0 Å². The highest BCUT2D eigenvalue weighted by molar-refractivity contribution is 7.85. The quantitative estimate of drug-likeness (QED) is 0.786. The van der Waals surface area contributed by atoms with Gasteiger partial charge in [0.25, 0.3) is 10.1 Å². The van der Waals surface area contributed by atoms with Crippen LogP contribution in [0.3, 0.4) is 0 Å². The Bertz CT molecular complexity index is 481. The van der Waals surface area contributed by atoms with E-state index in [2.05, 4.69) is 8.92 Å². The highest BCUT2D eigenvalue weighted by atomic mass is 32.2. The molecular weight excluding hydrogens is 261 g/mol. The molecule has 0 radical (unpaired) electrons. The standard InChI is InChI=1S/C9H9F3O4S/c1-17(13,14)15-6-7-4-2-3-5-8(7)16-9(10,11)12/h2-5H,6H2,1H3. The summed E-state index contributed by atoms with van der Waals surface area (Å²) in [5.41, 5.74) is -0.00440. The predicted octanol–water partition coefficient (Wildman–Crippen LogP) is 2.06. The second-order valence-corrected chi connectivity index (χ2v) is 4.77. The van der Waals surface area contributed by atoms with E-state index in [1.165, 1.54) is 18.2 Å². The molecule has 4 nitrogen and oxygen atoms in total. The van der Waals surface area contributed by atoms with Crippen molar-refractivity contribution in [2.24, 2.45) is 0 Å². The van der Waals surface area contributed by atoms with Gasteiger partial charge in [-0.15, -0.1) is 13.2 Å². The van der Waals surface area contributed by atoms with Gasteiger partial charge in [0.05, 0.1) is 12.9 Å². The Labute approximate surface area is 96.1 Å². The lowest BCUT2D eigenvalue weighted by Crippen LogP contribution is -2.18. The zero-order valence-electron chi connectivity index (χ0n) is 8.69. The molecule has 0 N–H and O–H groups in total. The van der Waals surface area contributed by atoms with Gasteiger partial charge in [-0.1, -0.05) is 18.2 Å². The molecule has 1 aromatic carbocycles. The van der Waals surface area contributed by atoms with Crippen molar-refractivity contribution >= 4 is 10.1 Å². The first-order valence-corrected chi connectivity index (χ1v) is 6.17. The summed E-state index contributed by atoms with van der Waals surface area (Å²) in [6, 6.07) is 5.15. The first-order chi connectivity index (χ1) is 7.67. The van der Waals surface area contributed by atoms with Crippen molar-refractivity contribution in [3.63, 3.8) is 0 Å². The van der Waals surface area contributed by atoms with Gasteiger partial charge < -0.3 is 4.74 Å². The second-order valence-electron chi connectivity index (χ2n) is 3.12. The molecule has 0 unspecified atom stereocenters. The molecule has 0 fully saturated rings. The van der Waals surface area contributed by atoms with Gasteiger partial charge in [0, 0.05) is 5.56 Å². The van der Waals surface area contributed by atoms with Crippen LogP contribution in [-0.4, -0.2) is 21.0 Å². The summed E-state index contributed by atoms with van der Waals surface area (Å²) < 4.78 is 65.6. The van der Waals surface area contributed by atoms with Gasteiger partial charge in [0.15, 0.2) is 0 Å². The summed E-state index contributed by atoms with van der Waals surface area (Å²) in [6.45, 7) is -0.509. The first-order valence-electron chi connectivity index (χ1n) is 4.35. The molecule has 0 aliphatic carbocycles. The monoisotopic (exact) mass is 270 g/mol. The van der Waals surface area contributed by atoms with E-state index in [9.17, 15) is 21.6 Å². The topological polar surface area (TPSA) is 52.6 Å². The maximum Gasteiger partial charge on any atom is 0.573 e. The Morgan fingerprint density at radius 2 is 1.82 bits per heavy atom. The number of hydrogen-bond acceptors (Lipinski definition) is 4. The maximum atomic E-state index is 12.0. The molecule has 0 spiro atoms. The molecule has 0 atom stereocenters. The van der Waals surface area contributed by atoms with Gasteiger partial charge in [-0.2, -0.15) is 8.42 Å². The normalized spacial score (nSPS) is 12.5. The molecule has 1 aromatic rings. The SMILES string of the molecule is CS(=O)(=O)OCc1ccccc1OC(F)(F)F. The number of hydrogen-bond donors (Lipinski definition) is 0. The van der Waals surface area contributed by atoms with E-state index in [4.69, 9.17) is 0 Å². The Morgan fingerprint density at radius 1 is 1.24 bits per heavy atom. The van der Waals surface area contributed by atoms with E-state index in [-0.39, 0.29) is 5.56 Å². The highest BCUT2D eigenvalue weighted by Gasteiger charge is 2.32. The van der Waals surface area contributed by atoms with Crippen LogP contribution in [0.5, 0.6) is 5.75 Å². The largest absolute Gasteiger partial charge is 0.573 e. The lowest BCUT2D eigenvalue weighted by atomic mass is 10.2. The van der Waals surface area contributed by atoms with E-state index in [0.29, 0.717) is 0 Å². The van der Waals surface area contributed by atoms with Crippen LogP contribution in [0.2, 0.25) is 0 Å². The van der Waals surface area contributed by atoms with Crippen LogP contribution in [0.1, 0.15) is 5.56 Å². The average Bonchev–Trinajstić information content (AvgIpc) is 2.12. The number of halogens is 3. The van der Waals surface area contributed by atoms with E-state index >= 15 is 0 Å². The van der Waals surface area contributed by atoms with Crippen molar-refractivity contribution in [2.75, 3.05) is 6.26 Å². The number of alkyl halides is 3. The number of ether oxygens (including phenoxy) is 1. The molecular formula is C9H9F3O4S. The van der Waals surface area contributed by atoms with Crippen molar-refractivity contribution in [3.8, 4) is 5.75 Å². The minimum absolute atomic E-state index is 0.00440. The summed E-state index contributed by atoms with van der Waals surface area (Å²) in [6.07, 6.45) is -4.03. The molecule has 17 heavy (non-hydrogen) atoms. The van der Waals surface area contributed by atoms with Gasteiger partial charge in [-0.3, -0.25) is 4.18 Å². The molecule has 0 aliphatic heterocycles. The van der Waals surface area contributed by atoms with Crippen molar-refractivity contribution in [1.29, 1.82) is 0 Å². The van der Waals surface area contributed by atoms with Gasteiger partial charge in [0.1, 0.15) is 5.75 Å². The highest BCUT2D eigenvalue weighted by Crippen LogP contribution is 2.26. The molecule has 0 aliphatic rings. The Morgan fingerprint density at radius 3 is 2.35 bits per heavy atom. The summed E-state index contributed by atoms with van der Waals surface area (Å²) in [5.74, 6) is -0.483. The smallest absolute Gasteiger partial charge is 0.405 e. The predicted molar refractivity (Wildman–Crippen MR) is 52.8 cm³/mol. The zero-order valence-corrected chi connectivity index (χ0v) is 9.51. The van der Waals surface area contributed by atoms with Crippen LogP contribution in [0.15, 0.2) is 24.3 Å².